The Morgan fingerprint density at radius 1 is 1.28 bits per heavy atom. The molecule has 1 amide bonds. The highest BCUT2D eigenvalue weighted by molar-refractivity contribution is 5.76. The van der Waals surface area contributed by atoms with Crippen LogP contribution in [0.25, 0.3) is 16.8 Å². The normalized spacial score (nSPS) is 19.1. The average Bonchev–Trinajstić information content (AvgIpc) is 2.97. The molecule has 0 saturated carbocycles. The van der Waals surface area contributed by atoms with Crippen molar-refractivity contribution in [2.45, 2.75) is 58.7 Å². The van der Waals surface area contributed by atoms with Crippen molar-refractivity contribution < 1.29 is 9.53 Å². The molecular formula is C22H29N5O2. The minimum absolute atomic E-state index is 0.0338. The van der Waals surface area contributed by atoms with Crippen molar-refractivity contribution in [3.63, 3.8) is 0 Å². The highest BCUT2D eigenvalue weighted by Gasteiger charge is 2.26. The van der Waals surface area contributed by atoms with Crippen molar-refractivity contribution in [1.29, 1.82) is 0 Å². The van der Waals surface area contributed by atoms with Gasteiger partial charge in [0.2, 0.25) is 0 Å². The first-order valence-corrected chi connectivity index (χ1v) is 10.2. The van der Waals surface area contributed by atoms with E-state index >= 15 is 0 Å². The number of hydrogen-bond acceptors (Lipinski definition) is 5. The molecule has 2 aliphatic heterocycles. The van der Waals surface area contributed by atoms with Crippen molar-refractivity contribution in [2.75, 3.05) is 13.1 Å². The van der Waals surface area contributed by atoms with E-state index in [1.54, 1.807) is 4.90 Å². The minimum Gasteiger partial charge on any atom is -0.444 e. The van der Waals surface area contributed by atoms with Gasteiger partial charge >= 0.3 is 6.09 Å². The zero-order chi connectivity index (χ0) is 20.8. The fourth-order valence-corrected chi connectivity index (χ4v) is 4.02. The van der Waals surface area contributed by atoms with Gasteiger partial charge in [0.05, 0.1) is 11.4 Å². The molecule has 0 aliphatic carbocycles. The Kier molecular flexibility index (Phi) is 4.94. The van der Waals surface area contributed by atoms with Crippen molar-refractivity contribution in [3.05, 3.63) is 41.1 Å². The predicted octanol–water partition coefficient (Wildman–Crippen LogP) is 3.68. The molecule has 1 atom stereocenters. The monoisotopic (exact) mass is 395 g/mol. The van der Waals surface area contributed by atoms with E-state index in [0.29, 0.717) is 13.1 Å². The van der Waals surface area contributed by atoms with Crippen LogP contribution in [0.5, 0.6) is 0 Å². The van der Waals surface area contributed by atoms with E-state index in [1.165, 1.54) is 11.1 Å². The Balaban J connectivity index is 1.59. The molecule has 0 unspecified atom stereocenters. The maximum absolute atomic E-state index is 12.3. The molecule has 1 aromatic heterocycles. The number of rotatable bonds is 1. The molecule has 154 valence electrons. The van der Waals surface area contributed by atoms with Crippen molar-refractivity contribution in [1.82, 2.24) is 19.9 Å². The molecule has 2 aromatic rings. The van der Waals surface area contributed by atoms with E-state index in [0.717, 1.165) is 41.9 Å². The molecule has 4 rings (SSSR count). The highest BCUT2D eigenvalue weighted by Crippen LogP contribution is 2.36. The Morgan fingerprint density at radius 2 is 2.07 bits per heavy atom. The number of nitrogens with zero attached hydrogens (tertiary/aromatic N) is 4. The lowest BCUT2D eigenvalue weighted by Crippen LogP contribution is -2.39. The van der Waals surface area contributed by atoms with Gasteiger partial charge in [0, 0.05) is 31.2 Å². The van der Waals surface area contributed by atoms with Gasteiger partial charge in [-0.15, -0.1) is 5.10 Å². The zero-order valence-corrected chi connectivity index (χ0v) is 17.6. The fourth-order valence-electron chi connectivity index (χ4n) is 4.02. The predicted molar refractivity (Wildman–Crippen MR) is 112 cm³/mol. The second-order valence-corrected chi connectivity index (χ2v) is 8.85. The summed E-state index contributed by atoms with van der Waals surface area (Å²) in [5.41, 5.74) is 12.7. The SMILES string of the molecule is Cc1nnn2c1-c1ccc(C3=CCN(C(=O)OC(C)(C)C)CC3)cc1[C@H](N)CC2. The van der Waals surface area contributed by atoms with Gasteiger partial charge < -0.3 is 15.4 Å². The fraction of sp³-hybridized carbons (Fsp3) is 0.500. The van der Waals surface area contributed by atoms with Crippen LogP contribution < -0.4 is 5.73 Å². The Labute approximate surface area is 171 Å². The van der Waals surface area contributed by atoms with Crippen LogP contribution in [0, 0.1) is 6.92 Å². The third-order valence-corrected chi connectivity index (χ3v) is 5.49. The topological polar surface area (TPSA) is 86.3 Å². The van der Waals surface area contributed by atoms with E-state index in [4.69, 9.17) is 10.5 Å². The van der Waals surface area contributed by atoms with Gasteiger partial charge in [-0.25, -0.2) is 9.48 Å². The second-order valence-electron chi connectivity index (χ2n) is 8.85. The van der Waals surface area contributed by atoms with Crippen LogP contribution in [0.3, 0.4) is 0 Å². The lowest BCUT2D eigenvalue weighted by molar-refractivity contribution is 0.0270. The van der Waals surface area contributed by atoms with E-state index in [2.05, 4.69) is 34.6 Å². The zero-order valence-electron chi connectivity index (χ0n) is 17.6. The number of benzene rings is 1. The van der Waals surface area contributed by atoms with Crippen LogP contribution >= 0.6 is 0 Å². The Hall–Kier alpha value is -2.67. The Bertz CT molecular complexity index is 970. The van der Waals surface area contributed by atoms with Crippen LogP contribution in [0.1, 0.15) is 56.5 Å². The first kappa shape index (κ1) is 19.6. The summed E-state index contributed by atoms with van der Waals surface area (Å²) in [7, 11) is 0. The van der Waals surface area contributed by atoms with Gasteiger partial charge in [-0.05, 0) is 63.3 Å². The molecule has 7 heteroatoms. The molecule has 29 heavy (non-hydrogen) atoms. The maximum atomic E-state index is 12.3. The van der Waals surface area contributed by atoms with E-state index in [9.17, 15) is 4.79 Å². The molecule has 2 aliphatic rings. The summed E-state index contributed by atoms with van der Waals surface area (Å²) in [6, 6.07) is 6.45. The maximum Gasteiger partial charge on any atom is 0.410 e. The number of aromatic nitrogens is 3. The summed E-state index contributed by atoms with van der Waals surface area (Å²) < 4.78 is 7.44. The van der Waals surface area contributed by atoms with Crippen LogP contribution in [0.15, 0.2) is 24.3 Å². The smallest absolute Gasteiger partial charge is 0.410 e. The van der Waals surface area contributed by atoms with E-state index < -0.39 is 5.60 Å². The molecule has 0 radical (unpaired) electrons. The third kappa shape index (κ3) is 3.92. The number of amides is 1. The molecular weight excluding hydrogens is 366 g/mol. The van der Waals surface area contributed by atoms with Gasteiger partial charge in [0.25, 0.3) is 0 Å². The van der Waals surface area contributed by atoms with Gasteiger partial charge in [-0.1, -0.05) is 23.4 Å². The number of fused-ring (bicyclic) bond motifs is 3. The molecule has 1 aromatic carbocycles. The highest BCUT2D eigenvalue weighted by atomic mass is 16.6. The third-order valence-electron chi connectivity index (χ3n) is 5.49. The minimum atomic E-state index is -0.478. The summed E-state index contributed by atoms with van der Waals surface area (Å²) in [6.45, 7) is 9.63. The summed E-state index contributed by atoms with van der Waals surface area (Å²) in [5, 5.41) is 8.50. The first-order valence-electron chi connectivity index (χ1n) is 10.2. The van der Waals surface area contributed by atoms with Gasteiger partial charge in [-0.2, -0.15) is 0 Å². The Morgan fingerprint density at radius 3 is 2.76 bits per heavy atom. The lowest BCUT2D eigenvalue weighted by atomic mass is 9.91. The van der Waals surface area contributed by atoms with Crippen molar-refractivity contribution in [3.8, 4) is 11.3 Å². The number of aryl methyl sites for hydroxylation is 2. The quantitative estimate of drug-likeness (QED) is 0.796. The second kappa shape index (κ2) is 7.30. The molecule has 0 fully saturated rings. The van der Waals surface area contributed by atoms with E-state index in [-0.39, 0.29) is 12.1 Å². The molecule has 3 heterocycles. The molecule has 0 bridgehead atoms. The molecule has 0 spiro atoms. The van der Waals surface area contributed by atoms with Crippen LogP contribution in [0.2, 0.25) is 0 Å². The summed E-state index contributed by atoms with van der Waals surface area (Å²) in [4.78, 5) is 14.0. The molecule has 7 nitrogen and oxygen atoms in total. The van der Waals surface area contributed by atoms with Crippen molar-refractivity contribution in [2.24, 2.45) is 5.73 Å². The number of carbonyl (C=O) groups excluding carboxylic acids is 1. The number of ether oxygens (including phenoxy) is 1. The average molecular weight is 396 g/mol. The van der Waals surface area contributed by atoms with Crippen LogP contribution in [-0.2, 0) is 11.3 Å². The number of hydrogen-bond donors (Lipinski definition) is 1. The van der Waals surface area contributed by atoms with Gasteiger partial charge in [0.15, 0.2) is 0 Å². The first-order chi connectivity index (χ1) is 13.7. The molecule has 0 saturated heterocycles. The van der Waals surface area contributed by atoms with Gasteiger partial charge in [-0.3, -0.25) is 0 Å². The number of nitrogens with two attached hydrogens (primary N) is 1. The van der Waals surface area contributed by atoms with Gasteiger partial charge in [0.1, 0.15) is 5.60 Å². The largest absolute Gasteiger partial charge is 0.444 e. The van der Waals surface area contributed by atoms with Crippen LogP contribution in [0.4, 0.5) is 4.79 Å². The van der Waals surface area contributed by atoms with Crippen molar-refractivity contribution >= 4 is 11.7 Å². The summed E-state index contributed by atoms with van der Waals surface area (Å²) >= 11 is 0. The summed E-state index contributed by atoms with van der Waals surface area (Å²) in [5.74, 6) is 0. The number of carbonyl (C=O) groups is 1. The molecule has 2 N–H and O–H groups in total. The van der Waals surface area contributed by atoms with Crippen LogP contribution in [-0.4, -0.2) is 44.7 Å². The lowest BCUT2D eigenvalue weighted by Gasteiger charge is -2.30. The summed E-state index contributed by atoms with van der Waals surface area (Å²) in [6.07, 6.45) is 3.49. The standard InChI is InChI=1S/C22H29N5O2/c1-14-20-17-6-5-16(13-18(17)19(23)9-12-27(20)25-24-14)15-7-10-26(11-8-15)21(28)29-22(2,3)4/h5-7,13,19H,8-12,23H2,1-4H3/t19-/m1/s1. The van der Waals surface area contributed by atoms with E-state index in [1.807, 2.05) is 32.4 Å².